The monoisotopic (exact) mass is 273 g/mol. The number of hydrogen-bond acceptors (Lipinski definition) is 3. The van der Waals surface area contributed by atoms with E-state index >= 15 is 0 Å². The highest BCUT2D eigenvalue weighted by Crippen LogP contribution is 2.26. The highest BCUT2D eigenvalue weighted by molar-refractivity contribution is 5.88. The van der Waals surface area contributed by atoms with Crippen LogP contribution in [0.3, 0.4) is 0 Å². The standard InChI is InChI=1S/C17H23NO2/c1-4-5-6-7-8-16(19)15(12-18)14-10-9-13(2)17(11-14)20-3/h9-11,15H,4-8H2,1-3H3. The molecule has 0 aliphatic rings. The van der Waals surface area contributed by atoms with Crippen LogP contribution >= 0.6 is 0 Å². The molecular formula is C17H23NO2. The number of Topliss-reactive ketones (excluding diaryl/α,β-unsaturated/α-hetero) is 1. The topological polar surface area (TPSA) is 50.1 Å². The Kier molecular flexibility index (Phi) is 6.79. The van der Waals surface area contributed by atoms with E-state index in [4.69, 9.17) is 4.74 Å². The summed E-state index contributed by atoms with van der Waals surface area (Å²) in [5.74, 6) is 0.0576. The SMILES string of the molecule is CCCCCCC(=O)C(C#N)c1ccc(C)c(OC)c1. The largest absolute Gasteiger partial charge is 0.496 e. The first-order chi connectivity index (χ1) is 9.63. The van der Waals surface area contributed by atoms with E-state index in [-0.39, 0.29) is 5.78 Å². The van der Waals surface area contributed by atoms with Crippen molar-refractivity contribution in [3.63, 3.8) is 0 Å². The van der Waals surface area contributed by atoms with E-state index in [0.717, 1.165) is 42.6 Å². The predicted molar refractivity (Wildman–Crippen MR) is 79.9 cm³/mol. The molecule has 0 saturated heterocycles. The number of nitriles is 1. The molecular weight excluding hydrogens is 250 g/mol. The third kappa shape index (κ3) is 4.38. The zero-order chi connectivity index (χ0) is 15.0. The molecule has 108 valence electrons. The molecule has 0 bridgehead atoms. The zero-order valence-electron chi connectivity index (χ0n) is 12.6. The summed E-state index contributed by atoms with van der Waals surface area (Å²) >= 11 is 0. The van der Waals surface area contributed by atoms with E-state index in [9.17, 15) is 10.1 Å². The average molecular weight is 273 g/mol. The van der Waals surface area contributed by atoms with Crippen molar-refractivity contribution in [2.75, 3.05) is 7.11 Å². The van der Waals surface area contributed by atoms with Crippen LogP contribution in [0, 0.1) is 18.3 Å². The Balaban J connectivity index is 2.75. The number of rotatable bonds is 8. The smallest absolute Gasteiger partial charge is 0.154 e. The van der Waals surface area contributed by atoms with Crippen LogP contribution in [-0.2, 0) is 4.79 Å². The van der Waals surface area contributed by atoms with Crippen LogP contribution in [0.2, 0.25) is 0 Å². The normalized spacial score (nSPS) is 11.7. The molecule has 1 atom stereocenters. The Morgan fingerprint density at radius 3 is 2.70 bits per heavy atom. The van der Waals surface area contributed by atoms with E-state index in [1.54, 1.807) is 13.2 Å². The van der Waals surface area contributed by atoms with Crippen LogP contribution in [0.5, 0.6) is 5.75 Å². The molecule has 1 unspecified atom stereocenters. The van der Waals surface area contributed by atoms with Gasteiger partial charge in [0.25, 0.3) is 0 Å². The highest BCUT2D eigenvalue weighted by atomic mass is 16.5. The molecule has 1 aromatic rings. The number of aryl methyl sites for hydroxylation is 1. The van der Waals surface area contributed by atoms with Crippen LogP contribution in [0.4, 0.5) is 0 Å². The van der Waals surface area contributed by atoms with Crippen LogP contribution in [-0.4, -0.2) is 12.9 Å². The Bertz CT molecular complexity index is 488. The number of carbonyl (C=O) groups excluding carboxylic acids is 1. The van der Waals surface area contributed by atoms with Gasteiger partial charge in [0.2, 0.25) is 0 Å². The summed E-state index contributed by atoms with van der Waals surface area (Å²) in [6.45, 7) is 4.08. The fourth-order valence-corrected chi connectivity index (χ4v) is 2.22. The summed E-state index contributed by atoms with van der Waals surface area (Å²) in [5.41, 5.74) is 1.73. The van der Waals surface area contributed by atoms with E-state index in [0.29, 0.717) is 6.42 Å². The van der Waals surface area contributed by atoms with E-state index < -0.39 is 5.92 Å². The van der Waals surface area contributed by atoms with Crippen molar-refractivity contribution in [3.8, 4) is 11.8 Å². The van der Waals surface area contributed by atoms with Crippen molar-refractivity contribution in [1.29, 1.82) is 5.26 Å². The Hall–Kier alpha value is -1.82. The number of ether oxygens (including phenoxy) is 1. The second-order valence-electron chi connectivity index (χ2n) is 5.07. The zero-order valence-corrected chi connectivity index (χ0v) is 12.6. The minimum Gasteiger partial charge on any atom is -0.496 e. The van der Waals surface area contributed by atoms with Crippen molar-refractivity contribution in [3.05, 3.63) is 29.3 Å². The van der Waals surface area contributed by atoms with Gasteiger partial charge >= 0.3 is 0 Å². The second-order valence-corrected chi connectivity index (χ2v) is 5.07. The lowest BCUT2D eigenvalue weighted by Gasteiger charge is -2.11. The minimum atomic E-state index is -0.675. The number of carbonyl (C=O) groups is 1. The lowest BCUT2D eigenvalue weighted by atomic mass is 9.92. The van der Waals surface area contributed by atoms with Crippen LogP contribution in [0.1, 0.15) is 56.1 Å². The lowest BCUT2D eigenvalue weighted by molar-refractivity contribution is -0.119. The molecule has 1 rings (SSSR count). The molecule has 0 heterocycles. The van der Waals surface area contributed by atoms with Gasteiger partial charge in [-0.3, -0.25) is 4.79 Å². The summed E-state index contributed by atoms with van der Waals surface area (Å²) < 4.78 is 5.25. The number of nitrogens with zero attached hydrogens (tertiary/aromatic N) is 1. The Morgan fingerprint density at radius 2 is 2.10 bits per heavy atom. The lowest BCUT2D eigenvalue weighted by Crippen LogP contribution is -2.11. The summed E-state index contributed by atoms with van der Waals surface area (Å²) in [6.07, 6.45) is 4.69. The predicted octanol–water partition coefficient (Wildman–Crippen LogP) is 4.15. The fraction of sp³-hybridized carbons (Fsp3) is 0.529. The summed E-state index contributed by atoms with van der Waals surface area (Å²) in [4.78, 5) is 12.2. The molecule has 3 nitrogen and oxygen atoms in total. The summed E-state index contributed by atoms with van der Waals surface area (Å²) in [7, 11) is 1.60. The minimum absolute atomic E-state index is 0.00880. The maximum atomic E-state index is 12.2. The molecule has 0 fully saturated rings. The first kappa shape index (κ1) is 16.2. The molecule has 0 radical (unpaired) electrons. The van der Waals surface area contributed by atoms with Gasteiger partial charge in [-0.15, -0.1) is 0 Å². The molecule has 0 amide bonds. The molecule has 0 aliphatic carbocycles. The van der Waals surface area contributed by atoms with Crippen molar-refractivity contribution in [1.82, 2.24) is 0 Å². The van der Waals surface area contributed by atoms with E-state index in [2.05, 4.69) is 13.0 Å². The third-order valence-electron chi connectivity index (χ3n) is 3.49. The van der Waals surface area contributed by atoms with Gasteiger partial charge in [0.1, 0.15) is 11.7 Å². The first-order valence-electron chi connectivity index (χ1n) is 7.20. The molecule has 0 saturated carbocycles. The third-order valence-corrected chi connectivity index (χ3v) is 3.49. The van der Waals surface area contributed by atoms with Crippen molar-refractivity contribution < 1.29 is 9.53 Å². The molecule has 0 aliphatic heterocycles. The van der Waals surface area contributed by atoms with Gasteiger partial charge in [-0.2, -0.15) is 5.26 Å². The maximum Gasteiger partial charge on any atom is 0.154 e. The van der Waals surface area contributed by atoms with Crippen molar-refractivity contribution in [2.45, 2.75) is 51.9 Å². The molecule has 0 spiro atoms. The molecule has 1 aromatic carbocycles. The number of benzene rings is 1. The van der Waals surface area contributed by atoms with Crippen LogP contribution in [0.15, 0.2) is 18.2 Å². The molecule has 20 heavy (non-hydrogen) atoms. The second kappa shape index (κ2) is 8.37. The number of ketones is 1. The van der Waals surface area contributed by atoms with Gasteiger partial charge in [-0.25, -0.2) is 0 Å². The molecule has 0 aromatic heterocycles. The van der Waals surface area contributed by atoms with Gasteiger partial charge < -0.3 is 4.74 Å². The van der Waals surface area contributed by atoms with Gasteiger partial charge in [0.05, 0.1) is 13.2 Å². The average Bonchev–Trinajstić information content (AvgIpc) is 2.46. The molecule has 3 heteroatoms. The Labute approximate surface area is 121 Å². The van der Waals surface area contributed by atoms with Crippen LogP contribution < -0.4 is 4.74 Å². The van der Waals surface area contributed by atoms with Crippen molar-refractivity contribution in [2.24, 2.45) is 0 Å². The quantitative estimate of drug-likeness (QED) is 0.668. The fourth-order valence-electron chi connectivity index (χ4n) is 2.22. The van der Waals surface area contributed by atoms with Gasteiger partial charge in [0.15, 0.2) is 5.78 Å². The highest BCUT2D eigenvalue weighted by Gasteiger charge is 2.20. The number of unbranched alkanes of at least 4 members (excludes halogenated alkanes) is 3. The van der Waals surface area contributed by atoms with Crippen molar-refractivity contribution >= 4 is 5.78 Å². The van der Waals surface area contributed by atoms with Crippen LogP contribution in [0.25, 0.3) is 0 Å². The van der Waals surface area contributed by atoms with E-state index in [1.165, 1.54) is 0 Å². The Morgan fingerprint density at radius 1 is 1.35 bits per heavy atom. The number of hydrogen-bond donors (Lipinski definition) is 0. The summed E-state index contributed by atoms with van der Waals surface area (Å²) in [5, 5.41) is 9.27. The van der Waals surface area contributed by atoms with E-state index in [1.807, 2.05) is 19.1 Å². The summed E-state index contributed by atoms with van der Waals surface area (Å²) in [6, 6.07) is 7.66. The first-order valence-corrected chi connectivity index (χ1v) is 7.20. The van der Waals surface area contributed by atoms with Gasteiger partial charge in [-0.1, -0.05) is 38.3 Å². The van der Waals surface area contributed by atoms with Gasteiger partial charge in [0, 0.05) is 6.42 Å². The van der Waals surface area contributed by atoms with Gasteiger partial charge in [-0.05, 0) is 30.5 Å². The maximum absolute atomic E-state index is 12.2. The number of methoxy groups -OCH3 is 1. The molecule has 0 N–H and O–H groups in total.